The Morgan fingerprint density at radius 3 is 2.37 bits per heavy atom. The molecule has 1 aliphatic rings. The molecule has 0 aliphatic carbocycles. The molecule has 1 amide bonds. The van der Waals surface area contributed by atoms with Gasteiger partial charge in [-0.15, -0.1) is 0 Å². The SMILES string of the molecule is CN(C)S(=O)(=O)c1ccc2c(c1)CC(=O)N2.CNC. The van der Waals surface area contributed by atoms with Gasteiger partial charge in [0.15, 0.2) is 0 Å². The van der Waals surface area contributed by atoms with Crippen molar-refractivity contribution in [2.24, 2.45) is 0 Å². The lowest BCUT2D eigenvalue weighted by Crippen LogP contribution is -2.22. The Bertz CT molecular complexity index is 568. The highest BCUT2D eigenvalue weighted by atomic mass is 32.2. The largest absolute Gasteiger partial charge is 0.326 e. The molecule has 1 aromatic rings. The van der Waals surface area contributed by atoms with Crippen LogP contribution in [-0.4, -0.2) is 46.8 Å². The van der Waals surface area contributed by atoms with Gasteiger partial charge >= 0.3 is 0 Å². The van der Waals surface area contributed by atoms with Crippen LogP contribution in [0.25, 0.3) is 0 Å². The number of hydrogen-bond donors (Lipinski definition) is 2. The van der Waals surface area contributed by atoms with Gasteiger partial charge < -0.3 is 10.6 Å². The third-order valence-electron chi connectivity index (χ3n) is 2.48. The van der Waals surface area contributed by atoms with Gasteiger partial charge in [-0.3, -0.25) is 4.79 Å². The van der Waals surface area contributed by atoms with E-state index in [1.807, 2.05) is 14.1 Å². The fourth-order valence-electron chi connectivity index (χ4n) is 1.58. The van der Waals surface area contributed by atoms with Crippen LogP contribution in [-0.2, 0) is 21.2 Å². The highest BCUT2D eigenvalue weighted by molar-refractivity contribution is 7.89. The van der Waals surface area contributed by atoms with Crippen molar-refractivity contribution in [3.63, 3.8) is 0 Å². The molecule has 1 heterocycles. The Morgan fingerprint density at radius 1 is 1.26 bits per heavy atom. The molecule has 1 aliphatic heterocycles. The quantitative estimate of drug-likeness (QED) is 0.817. The van der Waals surface area contributed by atoms with Crippen molar-refractivity contribution in [2.75, 3.05) is 33.5 Å². The molecule has 106 valence electrons. The molecule has 19 heavy (non-hydrogen) atoms. The monoisotopic (exact) mass is 285 g/mol. The van der Waals surface area contributed by atoms with E-state index in [-0.39, 0.29) is 17.2 Å². The minimum absolute atomic E-state index is 0.102. The van der Waals surface area contributed by atoms with Crippen LogP contribution in [0.1, 0.15) is 5.56 Å². The summed E-state index contributed by atoms with van der Waals surface area (Å²) < 4.78 is 24.8. The van der Waals surface area contributed by atoms with Crippen LogP contribution in [0, 0.1) is 0 Å². The highest BCUT2D eigenvalue weighted by Gasteiger charge is 2.22. The summed E-state index contributed by atoms with van der Waals surface area (Å²) in [4.78, 5) is 11.3. The molecule has 2 rings (SSSR count). The molecule has 0 unspecified atom stereocenters. The summed E-state index contributed by atoms with van der Waals surface area (Å²) in [5.41, 5.74) is 1.43. The van der Waals surface area contributed by atoms with Crippen molar-refractivity contribution >= 4 is 21.6 Å². The molecule has 6 nitrogen and oxygen atoms in total. The van der Waals surface area contributed by atoms with E-state index in [2.05, 4.69) is 10.6 Å². The van der Waals surface area contributed by atoms with E-state index in [9.17, 15) is 13.2 Å². The molecule has 2 N–H and O–H groups in total. The van der Waals surface area contributed by atoms with Crippen molar-refractivity contribution in [3.8, 4) is 0 Å². The summed E-state index contributed by atoms with van der Waals surface area (Å²) in [6.07, 6.45) is 0.242. The number of carbonyl (C=O) groups excluding carboxylic acids is 1. The van der Waals surface area contributed by atoms with Crippen molar-refractivity contribution in [2.45, 2.75) is 11.3 Å². The summed E-state index contributed by atoms with van der Waals surface area (Å²) in [7, 11) is 3.28. The lowest BCUT2D eigenvalue weighted by Gasteiger charge is -2.11. The third-order valence-corrected chi connectivity index (χ3v) is 4.29. The molecule has 0 radical (unpaired) electrons. The number of anilines is 1. The van der Waals surface area contributed by atoms with E-state index in [4.69, 9.17) is 0 Å². The average Bonchev–Trinajstić information content (AvgIpc) is 2.68. The van der Waals surface area contributed by atoms with Gasteiger partial charge in [0.1, 0.15) is 0 Å². The third kappa shape index (κ3) is 3.52. The van der Waals surface area contributed by atoms with E-state index in [1.165, 1.54) is 20.2 Å². The number of fused-ring (bicyclic) bond motifs is 1. The number of nitrogens with one attached hydrogen (secondary N) is 2. The summed E-state index contributed by atoms with van der Waals surface area (Å²) in [6.45, 7) is 0. The highest BCUT2D eigenvalue weighted by Crippen LogP contribution is 2.26. The fourth-order valence-corrected chi connectivity index (χ4v) is 2.53. The number of sulfonamides is 1. The van der Waals surface area contributed by atoms with Crippen LogP contribution in [0.5, 0.6) is 0 Å². The van der Waals surface area contributed by atoms with Crippen LogP contribution >= 0.6 is 0 Å². The maximum atomic E-state index is 11.8. The zero-order valence-corrected chi connectivity index (χ0v) is 12.3. The Labute approximate surface area is 113 Å². The molecule has 0 saturated carbocycles. The molecule has 1 aromatic carbocycles. The van der Waals surface area contributed by atoms with Crippen LogP contribution in [0.3, 0.4) is 0 Å². The minimum Gasteiger partial charge on any atom is -0.326 e. The van der Waals surface area contributed by atoms with Gasteiger partial charge in [-0.2, -0.15) is 0 Å². The fraction of sp³-hybridized carbons (Fsp3) is 0.417. The van der Waals surface area contributed by atoms with E-state index in [1.54, 1.807) is 12.1 Å². The topological polar surface area (TPSA) is 78.5 Å². The molecular weight excluding hydrogens is 266 g/mol. The Balaban J connectivity index is 0.000000550. The Kier molecular flexibility index (Phi) is 5.04. The first-order chi connectivity index (χ1) is 8.82. The second-order valence-electron chi connectivity index (χ2n) is 4.33. The maximum Gasteiger partial charge on any atom is 0.242 e. The molecule has 0 atom stereocenters. The second kappa shape index (κ2) is 6.14. The van der Waals surface area contributed by atoms with Crippen LogP contribution in [0.4, 0.5) is 5.69 Å². The van der Waals surface area contributed by atoms with Crippen molar-refractivity contribution < 1.29 is 13.2 Å². The van der Waals surface area contributed by atoms with Crippen molar-refractivity contribution in [3.05, 3.63) is 23.8 Å². The number of amides is 1. The van der Waals surface area contributed by atoms with Crippen molar-refractivity contribution in [1.29, 1.82) is 0 Å². The molecule has 0 fully saturated rings. The number of benzene rings is 1. The van der Waals surface area contributed by atoms with Crippen LogP contribution < -0.4 is 10.6 Å². The predicted molar refractivity (Wildman–Crippen MR) is 74.6 cm³/mol. The van der Waals surface area contributed by atoms with Gasteiger partial charge in [-0.25, -0.2) is 12.7 Å². The summed E-state index contributed by atoms with van der Waals surface area (Å²) >= 11 is 0. The molecule has 0 saturated heterocycles. The van der Waals surface area contributed by atoms with Gasteiger partial charge in [-0.1, -0.05) is 0 Å². The van der Waals surface area contributed by atoms with E-state index in [0.717, 1.165) is 9.87 Å². The molecule has 0 spiro atoms. The number of hydrogen-bond acceptors (Lipinski definition) is 4. The lowest BCUT2D eigenvalue weighted by atomic mass is 10.2. The summed E-state index contributed by atoms with van der Waals surface area (Å²) in [5.74, 6) is -0.102. The van der Waals surface area contributed by atoms with Gasteiger partial charge in [0.2, 0.25) is 15.9 Å². The predicted octanol–water partition coefficient (Wildman–Crippen LogP) is 0.267. The average molecular weight is 285 g/mol. The molecule has 0 bridgehead atoms. The van der Waals surface area contributed by atoms with Gasteiger partial charge in [0, 0.05) is 19.8 Å². The second-order valence-corrected chi connectivity index (χ2v) is 6.48. The van der Waals surface area contributed by atoms with Crippen LogP contribution in [0.15, 0.2) is 23.1 Å². The van der Waals surface area contributed by atoms with E-state index < -0.39 is 10.0 Å². The standard InChI is InChI=1S/C10H12N2O3S.C2H7N/c1-12(2)16(14,15)8-3-4-9-7(5-8)6-10(13)11-9;1-3-2/h3-5H,6H2,1-2H3,(H,11,13);3H,1-2H3. The van der Waals surface area contributed by atoms with E-state index >= 15 is 0 Å². The Morgan fingerprint density at radius 2 is 1.84 bits per heavy atom. The number of carbonyl (C=O) groups is 1. The van der Waals surface area contributed by atoms with Gasteiger partial charge in [0.25, 0.3) is 0 Å². The normalized spacial score (nSPS) is 13.6. The molecular formula is C12H19N3O3S. The van der Waals surface area contributed by atoms with Crippen LogP contribution in [0.2, 0.25) is 0 Å². The van der Waals surface area contributed by atoms with Gasteiger partial charge in [-0.05, 0) is 37.9 Å². The first-order valence-electron chi connectivity index (χ1n) is 5.76. The Hall–Kier alpha value is -1.44. The molecule has 0 aromatic heterocycles. The smallest absolute Gasteiger partial charge is 0.242 e. The first kappa shape index (κ1) is 15.6. The summed E-state index contributed by atoms with van der Waals surface area (Å²) in [5, 5.41) is 5.41. The number of rotatable bonds is 2. The summed E-state index contributed by atoms with van der Waals surface area (Å²) in [6, 6.07) is 4.67. The number of nitrogens with zero attached hydrogens (tertiary/aromatic N) is 1. The zero-order valence-electron chi connectivity index (χ0n) is 11.5. The first-order valence-corrected chi connectivity index (χ1v) is 7.20. The molecule has 7 heteroatoms. The van der Waals surface area contributed by atoms with Gasteiger partial charge in [0.05, 0.1) is 11.3 Å². The van der Waals surface area contributed by atoms with E-state index in [0.29, 0.717) is 5.69 Å². The lowest BCUT2D eigenvalue weighted by molar-refractivity contribution is -0.115. The zero-order chi connectivity index (χ0) is 14.6. The minimum atomic E-state index is -3.42. The van der Waals surface area contributed by atoms with Crippen molar-refractivity contribution in [1.82, 2.24) is 9.62 Å². The maximum absolute atomic E-state index is 11.8.